The Labute approximate surface area is 127 Å². The molecule has 0 aliphatic carbocycles. The first-order chi connectivity index (χ1) is 10.4. The van der Waals surface area contributed by atoms with Crippen LogP contribution in [-0.4, -0.2) is 34.3 Å². The highest BCUT2D eigenvalue weighted by Crippen LogP contribution is 2.17. The van der Waals surface area contributed by atoms with Crippen molar-refractivity contribution in [3.8, 4) is 0 Å². The lowest BCUT2D eigenvalue weighted by molar-refractivity contribution is 0.248. The van der Waals surface area contributed by atoms with Gasteiger partial charge in [-0.25, -0.2) is 0 Å². The zero-order valence-electron chi connectivity index (χ0n) is 13.0. The lowest BCUT2D eigenvalue weighted by Gasteiger charge is -2.28. The molecule has 2 heterocycles. The van der Waals surface area contributed by atoms with Crippen LogP contribution in [0.1, 0.15) is 32.6 Å². The molecule has 0 saturated carbocycles. The van der Waals surface area contributed by atoms with E-state index in [0.717, 1.165) is 6.54 Å². The molecule has 0 unspecified atom stereocenters. The third-order valence-corrected chi connectivity index (χ3v) is 4.39. The van der Waals surface area contributed by atoms with E-state index in [2.05, 4.69) is 51.9 Å². The number of fused-ring (bicyclic) bond motifs is 1. The minimum absolute atomic E-state index is 1.02. The van der Waals surface area contributed by atoms with Gasteiger partial charge >= 0.3 is 0 Å². The first-order valence-electron chi connectivity index (χ1n) is 8.17. The van der Waals surface area contributed by atoms with Gasteiger partial charge in [0, 0.05) is 25.0 Å². The van der Waals surface area contributed by atoms with Crippen molar-refractivity contribution in [3.05, 3.63) is 42.1 Å². The highest BCUT2D eigenvalue weighted by molar-refractivity contribution is 5.78. The molecule has 1 aromatic heterocycles. The maximum atomic E-state index is 4.50. The molecule has 1 aliphatic rings. The molecule has 0 radical (unpaired) electrons. The van der Waals surface area contributed by atoms with Crippen LogP contribution in [0.25, 0.3) is 10.9 Å². The minimum atomic E-state index is 1.02. The second-order valence-corrected chi connectivity index (χ2v) is 5.89. The average molecular weight is 283 g/mol. The number of rotatable bonds is 5. The third kappa shape index (κ3) is 3.53. The van der Waals surface area contributed by atoms with Gasteiger partial charge in [-0.15, -0.1) is 0 Å². The van der Waals surface area contributed by atoms with E-state index >= 15 is 0 Å². The largest absolute Gasteiger partial charge is 0.303 e. The Hall–Kier alpha value is -1.61. The molecule has 112 valence electrons. The topological polar surface area (TPSA) is 21.1 Å². The Balaban J connectivity index is 1.48. The molecule has 21 heavy (non-hydrogen) atoms. The fraction of sp³-hybridized carbons (Fsp3) is 0.500. The Kier molecular flexibility index (Phi) is 4.71. The highest BCUT2D eigenvalue weighted by atomic mass is 15.3. The van der Waals surface area contributed by atoms with Gasteiger partial charge in [-0.1, -0.05) is 36.8 Å². The number of para-hydroxylation sites is 1. The summed E-state index contributed by atoms with van der Waals surface area (Å²) in [6.07, 6.45) is 9.27. The van der Waals surface area contributed by atoms with Crippen molar-refractivity contribution < 1.29 is 0 Å². The van der Waals surface area contributed by atoms with Crippen LogP contribution in [0.15, 0.2) is 42.1 Å². The normalized spacial score (nSPS) is 16.5. The quantitative estimate of drug-likeness (QED) is 0.777. The van der Waals surface area contributed by atoms with E-state index in [4.69, 9.17) is 0 Å². The van der Waals surface area contributed by atoms with Crippen molar-refractivity contribution in [2.75, 3.05) is 19.6 Å². The predicted molar refractivity (Wildman–Crippen MR) is 88.4 cm³/mol. The van der Waals surface area contributed by atoms with E-state index in [1.54, 1.807) is 5.57 Å². The molecule has 1 fully saturated rings. The van der Waals surface area contributed by atoms with Crippen LogP contribution in [0, 0.1) is 0 Å². The summed E-state index contributed by atoms with van der Waals surface area (Å²) in [5.41, 5.74) is 2.91. The van der Waals surface area contributed by atoms with Crippen molar-refractivity contribution >= 4 is 10.9 Å². The van der Waals surface area contributed by atoms with E-state index in [-0.39, 0.29) is 0 Å². The van der Waals surface area contributed by atoms with E-state index in [9.17, 15) is 0 Å². The molecule has 3 nitrogen and oxygen atoms in total. The van der Waals surface area contributed by atoms with Crippen LogP contribution in [-0.2, 0) is 6.54 Å². The zero-order valence-corrected chi connectivity index (χ0v) is 13.0. The van der Waals surface area contributed by atoms with Crippen molar-refractivity contribution in [2.45, 2.75) is 39.2 Å². The number of nitrogens with zero attached hydrogens (tertiary/aromatic N) is 3. The summed E-state index contributed by atoms with van der Waals surface area (Å²) in [4.78, 5) is 2.60. The maximum absolute atomic E-state index is 4.50. The van der Waals surface area contributed by atoms with Gasteiger partial charge in [0.15, 0.2) is 0 Å². The predicted octanol–water partition coefficient (Wildman–Crippen LogP) is 3.86. The molecule has 2 aromatic rings. The molecule has 3 rings (SSSR count). The van der Waals surface area contributed by atoms with E-state index in [0.29, 0.717) is 0 Å². The molecule has 0 N–H and O–H groups in total. The van der Waals surface area contributed by atoms with Crippen LogP contribution >= 0.6 is 0 Å². The van der Waals surface area contributed by atoms with Crippen LogP contribution in [0.2, 0.25) is 0 Å². The number of hydrogen-bond donors (Lipinski definition) is 0. The zero-order chi connectivity index (χ0) is 14.5. The number of piperidine rings is 1. The highest BCUT2D eigenvalue weighted by Gasteiger charge is 2.13. The number of hydrogen-bond acceptors (Lipinski definition) is 2. The average Bonchev–Trinajstić information content (AvgIpc) is 2.93. The maximum Gasteiger partial charge on any atom is 0.0682 e. The second-order valence-electron chi connectivity index (χ2n) is 5.89. The molecular weight excluding hydrogens is 258 g/mol. The molecule has 0 atom stereocenters. The van der Waals surface area contributed by atoms with Gasteiger partial charge in [-0.3, -0.25) is 4.68 Å². The van der Waals surface area contributed by atoms with Crippen LogP contribution in [0.4, 0.5) is 0 Å². The summed E-state index contributed by atoms with van der Waals surface area (Å²) in [5, 5.41) is 5.74. The Morgan fingerprint density at radius 1 is 1.14 bits per heavy atom. The summed E-state index contributed by atoms with van der Waals surface area (Å²) in [6, 6.07) is 8.45. The standard InChI is InChI=1S/C18H25N3/c1-2-6-16-9-13-20(14-10-16)11-5-12-21-18-8-4-3-7-17(18)15-19-21/h3-4,6-8,15H,2,5,9-14H2,1H3. The number of allylic oxidation sites excluding steroid dienone is 1. The molecule has 1 aliphatic heterocycles. The van der Waals surface area contributed by atoms with Gasteiger partial charge in [0.05, 0.1) is 11.7 Å². The molecule has 3 heteroatoms. The Morgan fingerprint density at radius 3 is 2.76 bits per heavy atom. The summed E-state index contributed by atoms with van der Waals surface area (Å²) in [6.45, 7) is 6.89. The molecular formula is C18H25N3. The SMILES string of the molecule is CCC=C1CCN(CCCn2ncc3ccccc32)CC1. The number of aromatic nitrogens is 2. The van der Waals surface area contributed by atoms with Crippen LogP contribution in [0.5, 0.6) is 0 Å². The van der Waals surface area contributed by atoms with Crippen molar-refractivity contribution in [1.82, 2.24) is 14.7 Å². The van der Waals surface area contributed by atoms with Crippen LogP contribution in [0.3, 0.4) is 0 Å². The Morgan fingerprint density at radius 2 is 1.95 bits per heavy atom. The molecule has 0 spiro atoms. The van der Waals surface area contributed by atoms with Gasteiger partial charge in [0.25, 0.3) is 0 Å². The van der Waals surface area contributed by atoms with E-state index in [1.165, 1.54) is 56.2 Å². The van der Waals surface area contributed by atoms with Gasteiger partial charge < -0.3 is 4.90 Å². The summed E-state index contributed by atoms with van der Waals surface area (Å²) >= 11 is 0. The smallest absolute Gasteiger partial charge is 0.0682 e. The van der Waals surface area contributed by atoms with Crippen LogP contribution < -0.4 is 0 Å². The fourth-order valence-electron chi connectivity index (χ4n) is 3.20. The lowest BCUT2D eigenvalue weighted by atomic mass is 10.0. The fourth-order valence-corrected chi connectivity index (χ4v) is 3.20. The van der Waals surface area contributed by atoms with Gasteiger partial charge in [0.2, 0.25) is 0 Å². The van der Waals surface area contributed by atoms with Gasteiger partial charge in [0.1, 0.15) is 0 Å². The van der Waals surface area contributed by atoms with E-state index in [1.807, 2.05) is 6.20 Å². The van der Waals surface area contributed by atoms with Crippen molar-refractivity contribution in [3.63, 3.8) is 0 Å². The van der Waals surface area contributed by atoms with Crippen molar-refractivity contribution in [2.24, 2.45) is 0 Å². The summed E-state index contributed by atoms with van der Waals surface area (Å²) in [7, 11) is 0. The van der Waals surface area contributed by atoms with Gasteiger partial charge in [-0.2, -0.15) is 5.10 Å². The number of likely N-dealkylation sites (tertiary alicyclic amines) is 1. The number of aryl methyl sites for hydroxylation is 1. The lowest BCUT2D eigenvalue weighted by Crippen LogP contribution is -2.32. The molecule has 1 saturated heterocycles. The van der Waals surface area contributed by atoms with Gasteiger partial charge in [-0.05, 0) is 38.3 Å². The molecule has 0 amide bonds. The second kappa shape index (κ2) is 6.90. The molecule has 1 aromatic carbocycles. The molecule has 0 bridgehead atoms. The van der Waals surface area contributed by atoms with E-state index < -0.39 is 0 Å². The first-order valence-corrected chi connectivity index (χ1v) is 8.17. The van der Waals surface area contributed by atoms with Crippen molar-refractivity contribution in [1.29, 1.82) is 0 Å². The third-order valence-electron chi connectivity index (χ3n) is 4.39. The summed E-state index contributed by atoms with van der Waals surface area (Å²) < 4.78 is 2.14. The minimum Gasteiger partial charge on any atom is -0.303 e. The number of benzene rings is 1. The monoisotopic (exact) mass is 283 g/mol. The summed E-state index contributed by atoms with van der Waals surface area (Å²) in [5.74, 6) is 0. The Bertz CT molecular complexity index is 602. The first kappa shape index (κ1) is 14.3.